The average Bonchev–Trinajstić information content (AvgIpc) is 2.64. The SMILES string of the molecule is CC(=O)OC(C)(C)C[C@@]1(C[N+](=O)[O-])C[C@H]2CC(CCF)=C[C@H]21. The zero-order valence-electron chi connectivity index (χ0n) is 13.4. The Hall–Kier alpha value is -1.46. The summed E-state index contributed by atoms with van der Waals surface area (Å²) in [5.41, 5.74) is -0.137. The Morgan fingerprint density at radius 1 is 1.59 bits per heavy atom. The van der Waals surface area contributed by atoms with Crippen LogP contribution in [0.15, 0.2) is 11.6 Å². The van der Waals surface area contributed by atoms with Gasteiger partial charge in [-0.3, -0.25) is 19.3 Å². The lowest BCUT2D eigenvalue weighted by molar-refractivity contribution is -0.507. The van der Waals surface area contributed by atoms with Gasteiger partial charge in [-0.1, -0.05) is 11.6 Å². The molecule has 0 heterocycles. The van der Waals surface area contributed by atoms with Crippen LogP contribution in [0, 0.1) is 27.4 Å². The van der Waals surface area contributed by atoms with Crippen molar-refractivity contribution in [1.82, 2.24) is 0 Å². The number of hydrogen-bond acceptors (Lipinski definition) is 4. The minimum Gasteiger partial charge on any atom is -0.460 e. The van der Waals surface area contributed by atoms with Gasteiger partial charge in [0.25, 0.3) is 0 Å². The molecule has 0 aliphatic heterocycles. The molecule has 124 valence electrons. The Morgan fingerprint density at radius 3 is 2.82 bits per heavy atom. The third-order valence-electron chi connectivity index (χ3n) is 4.88. The van der Waals surface area contributed by atoms with Crippen LogP contribution in [-0.4, -0.2) is 29.7 Å². The van der Waals surface area contributed by atoms with Crippen molar-refractivity contribution in [1.29, 1.82) is 0 Å². The predicted molar refractivity (Wildman–Crippen MR) is 79.6 cm³/mol. The molecule has 6 heteroatoms. The van der Waals surface area contributed by atoms with Gasteiger partial charge < -0.3 is 4.74 Å². The minimum atomic E-state index is -0.733. The van der Waals surface area contributed by atoms with E-state index in [0.717, 1.165) is 18.4 Å². The number of allylic oxidation sites excluding steroid dienone is 2. The van der Waals surface area contributed by atoms with Gasteiger partial charge in [0.1, 0.15) is 5.60 Å². The van der Waals surface area contributed by atoms with Crippen LogP contribution in [0.4, 0.5) is 4.39 Å². The van der Waals surface area contributed by atoms with Crippen LogP contribution in [0.5, 0.6) is 0 Å². The fraction of sp³-hybridized carbons (Fsp3) is 0.812. The zero-order chi connectivity index (χ0) is 16.5. The highest BCUT2D eigenvalue weighted by atomic mass is 19.1. The van der Waals surface area contributed by atoms with Crippen LogP contribution >= 0.6 is 0 Å². The third kappa shape index (κ3) is 3.47. The smallest absolute Gasteiger partial charge is 0.303 e. The largest absolute Gasteiger partial charge is 0.460 e. The first-order chi connectivity index (χ1) is 10.2. The summed E-state index contributed by atoms with van der Waals surface area (Å²) >= 11 is 0. The lowest BCUT2D eigenvalue weighted by Crippen LogP contribution is -2.53. The predicted octanol–water partition coefficient (Wildman–Crippen LogP) is 3.31. The molecule has 22 heavy (non-hydrogen) atoms. The van der Waals surface area contributed by atoms with Gasteiger partial charge in [0.05, 0.1) is 6.67 Å². The van der Waals surface area contributed by atoms with Crippen LogP contribution < -0.4 is 0 Å². The van der Waals surface area contributed by atoms with E-state index in [4.69, 9.17) is 4.74 Å². The number of alkyl halides is 1. The molecule has 2 aliphatic rings. The number of nitrogens with zero attached hydrogens (tertiary/aromatic N) is 1. The second kappa shape index (κ2) is 5.97. The Balaban J connectivity index is 2.17. The van der Waals surface area contributed by atoms with Gasteiger partial charge in [0, 0.05) is 17.3 Å². The molecule has 0 spiro atoms. The summed E-state index contributed by atoms with van der Waals surface area (Å²) in [5.74, 6) is 0.112. The molecule has 0 radical (unpaired) electrons. The van der Waals surface area contributed by atoms with Crippen molar-refractivity contribution >= 4 is 5.97 Å². The molecular weight excluding hydrogens is 289 g/mol. The van der Waals surface area contributed by atoms with E-state index < -0.39 is 11.0 Å². The first kappa shape index (κ1) is 16.9. The summed E-state index contributed by atoms with van der Waals surface area (Å²) in [6, 6.07) is 0. The second-order valence-corrected chi connectivity index (χ2v) is 7.34. The molecule has 1 fully saturated rings. The van der Waals surface area contributed by atoms with Crippen LogP contribution in [0.3, 0.4) is 0 Å². The molecule has 5 nitrogen and oxygen atoms in total. The summed E-state index contributed by atoms with van der Waals surface area (Å²) in [7, 11) is 0. The summed E-state index contributed by atoms with van der Waals surface area (Å²) in [5, 5.41) is 11.1. The summed E-state index contributed by atoms with van der Waals surface area (Å²) in [6.45, 7) is 4.43. The lowest BCUT2D eigenvalue weighted by atomic mass is 9.52. The number of ether oxygens (including phenoxy) is 1. The van der Waals surface area contributed by atoms with E-state index in [1.54, 1.807) is 13.8 Å². The molecule has 1 saturated carbocycles. The zero-order valence-corrected chi connectivity index (χ0v) is 13.4. The van der Waals surface area contributed by atoms with Crippen molar-refractivity contribution in [2.24, 2.45) is 17.3 Å². The second-order valence-electron chi connectivity index (χ2n) is 7.34. The molecule has 0 bridgehead atoms. The fourth-order valence-electron chi connectivity index (χ4n) is 4.55. The van der Waals surface area contributed by atoms with Crippen LogP contribution in [-0.2, 0) is 9.53 Å². The topological polar surface area (TPSA) is 69.4 Å². The molecule has 0 N–H and O–H groups in total. The number of hydrogen-bond donors (Lipinski definition) is 0. The lowest BCUT2D eigenvalue weighted by Gasteiger charge is -2.52. The Morgan fingerprint density at radius 2 is 2.27 bits per heavy atom. The van der Waals surface area contributed by atoms with E-state index in [1.165, 1.54) is 6.92 Å². The molecule has 0 aromatic rings. The van der Waals surface area contributed by atoms with Crippen LogP contribution in [0.2, 0.25) is 0 Å². The van der Waals surface area contributed by atoms with Gasteiger partial charge in [-0.15, -0.1) is 0 Å². The minimum absolute atomic E-state index is 0.106. The van der Waals surface area contributed by atoms with Gasteiger partial charge in [-0.2, -0.15) is 0 Å². The molecule has 3 atom stereocenters. The van der Waals surface area contributed by atoms with Crippen molar-refractivity contribution in [3.63, 3.8) is 0 Å². The van der Waals surface area contributed by atoms with Gasteiger partial charge in [0.15, 0.2) is 0 Å². The maximum absolute atomic E-state index is 12.5. The number of esters is 1. The molecule has 0 amide bonds. The van der Waals surface area contributed by atoms with Gasteiger partial charge in [-0.05, 0) is 51.4 Å². The number of rotatable bonds is 7. The van der Waals surface area contributed by atoms with E-state index in [0.29, 0.717) is 18.8 Å². The van der Waals surface area contributed by atoms with Crippen molar-refractivity contribution in [3.8, 4) is 0 Å². The monoisotopic (exact) mass is 313 g/mol. The first-order valence-corrected chi connectivity index (χ1v) is 7.74. The summed E-state index contributed by atoms with van der Waals surface area (Å²) in [4.78, 5) is 22.1. The molecule has 2 aliphatic carbocycles. The highest BCUT2D eigenvalue weighted by molar-refractivity contribution is 5.66. The number of fused-ring (bicyclic) bond motifs is 1. The average molecular weight is 313 g/mol. The Labute approximate surface area is 130 Å². The molecule has 0 aromatic heterocycles. The standard InChI is InChI=1S/C16H24FNO4/c1-11(19)22-15(2,3)9-16(10-18(20)21)8-13-6-12(4-5-17)7-14(13)16/h7,13-14H,4-6,8-10H2,1-3H3/t13-,14-,16-/m1/s1. The number of carbonyl (C=O) groups excluding carboxylic acids is 1. The molecular formula is C16H24FNO4. The highest BCUT2D eigenvalue weighted by Gasteiger charge is 2.59. The van der Waals surface area contributed by atoms with E-state index in [2.05, 4.69) is 0 Å². The maximum Gasteiger partial charge on any atom is 0.303 e. The summed E-state index contributed by atoms with van der Waals surface area (Å²) < 4.78 is 17.9. The van der Waals surface area contributed by atoms with E-state index >= 15 is 0 Å². The van der Waals surface area contributed by atoms with E-state index in [1.807, 2.05) is 6.08 Å². The van der Waals surface area contributed by atoms with Crippen LogP contribution in [0.25, 0.3) is 0 Å². The molecule has 0 unspecified atom stereocenters. The van der Waals surface area contributed by atoms with Crippen molar-refractivity contribution in [3.05, 3.63) is 21.8 Å². The van der Waals surface area contributed by atoms with E-state index in [-0.39, 0.29) is 30.0 Å². The van der Waals surface area contributed by atoms with Gasteiger partial charge >= 0.3 is 5.97 Å². The van der Waals surface area contributed by atoms with Crippen molar-refractivity contribution in [2.75, 3.05) is 13.2 Å². The Bertz CT molecular complexity index is 502. The maximum atomic E-state index is 12.5. The van der Waals surface area contributed by atoms with Crippen molar-refractivity contribution < 1.29 is 18.8 Å². The quantitative estimate of drug-likeness (QED) is 0.313. The van der Waals surface area contributed by atoms with E-state index in [9.17, 15) is 19.3 Å². The van der Waals surface area contributed by atoms with Crippen molar-refractivity contribution in [2.45, 2.75) is 52.1 Å². The number of halogens is 1. The highest BCUT2D eigenvalue weighted by Crippen LogP contribution is 2.61. The molecule has 0 saturated heterocycles. The van der Waals surface area contributed by atoms with Gasteiger partial charge in [0.2, 0.25) is 6.54 Å². The molecule has 2 rings (SSSR count). The normalized spacial score (nSPS) is 30.3. The first-order valence-electron chi connectivity index (χ1n) is 7.74. The summed E-state index contributed by atoms with van der Waals surface area (Å²) in [6.07, 6.45) is 4.52. The number of carbonyl (C=O) groups is 1. The van der Waals surface area contributed by atoms with Gasteiger partial charge in [-0.25, -0.2) is 0 Å². The molecule has 0 aromatic carbocycles. The number of nitro groups is 1. The third-order valence-corrected chi connectivity index (χ3v) is 4.88. The Kier molecular flexibility index (Phi) is 4.59. The fourth-order valence-corrected chi connectivity index (χ4v) is 4.55. The van der Waals surface area contributed by atoms with Crippen LogP contribution in [0.1, 0.15) is 46.5 Å².